The van der Waals surface area contributed by atoms with E-state index >= 15 is 0 Å². The predicted molar refractivity (Wildman–Crippen MR) is 79.5 cm³/mol. The zero-order valence-electron chi connectivity index (χ0n) is 11.9. The second kappa shape index (κ2) is 6.02. The Kier molecular flexibility index (Phi) is 4.16. The number of anilines is 2. The third kappa shape index (κ3) is 3.04. The first-order valence-corrected chi connectivity index (χ1v) is 6.40. The summed E-state index contributed by atoms with van der Waals surface area (Å²) in [5.74, 6) is 2.38. The lowest BCUT2D eigenvalue weighted by Crippen LogP contribution is -2.08. The van der Waals surface area contributed by atoms with E-state index in [2.05, 4.69) is 26.7 Å². The average Bonchev–Trinajstić information content (AvgIpc) is 2.48. The minimum atomic E-state index is 0.659. The normalized spacial score (nSPS) is 9.90. The maximum absolute atomic E-state index is 8.77. The molecular weight excluding hydrogens is 250 g/mol. The third-order valence-electron chi connectivity index (χ3n) is 3.04. The summed E-state index contributed by atoms with van der Waals surface area (Å²) in [5, 5.41) is 15.1. The summed E-state index contributed by atoms with van der Waals surface area (Å²) in [4.78, 5) is 8.75. The molecule has 2 N–H and O–H groups in total. The SMILES string of the molecule is CNc1nc(C)nc(NCc2ccc(C#N)cc2)c1C. The van der Waals surface area contributed by atoms with Gasteiger partial charge in [-0.1, -0.05) is 12.1 Å². The van der Waals surface area contributed by atoms with Gasteiger partial charge in [0.15, 0.2) is 0 Å². The molecule has 0 spiro atoms. The van der Waals surface area contributed by atoms with Gasteiger partial charge in [-0.25, -0.2) is 9.97 Å². The quantitative estimate of drug-likeness (QED) is 0.890. The fourth-order valence-corrected chi connectivity index (χ4v) is 1.93. The van der Waals surface area contributed by atoms with E-state index in [1.807, 2.05) is 45.2 Å². The Bertz CT molecular complexity index is 641. The topological polar surface area (TPSA) is 73.6 Å². The van der Waals surface area contributed by atoms with Crippen LogP contribution in [-0.4, -0.2) is 17.0 Å². The molecule has 0 aliphatic rings. The van der Waals surface area contributed by atoms with Gasteiger partial charge >= 0.3 is 0 Å². The van der Waals surface area contributed by atoms with Gasteiger partial charge in [-0.2, -0.15) is 5.26 Å². The highest BCUT2D eigenvalue weighted by Gasteiger charge is 2.07. The van der Waals surface area contributed by atoms with Gasteiger partial charge < -0.3 is 10.6 Å². The second-order valence-corrected chi connectivity index (χ2v) is 4.51. The Morgan fingerprint density at radius 1 is 1.10 bits per heavy atom. The van der Waals surface area contributed by atoms with Gasteiger partial charge in [0.2, 0.25) is 0 Å². The lowest BCUT2D eigenvalue weighted by atomic mass is 10.1. The van der Waals surface area contributed by atoms with Crippen LogP contribution in [0.2, 0.25) is 0 Å². The summed E-state index contributed by atoms with van der Waals surface area (Å²) in [6.07, 6.45) is 0. The van der Waals surface area contributed by atoms with Gasteiger partial charge in [0, 0.05) is 19.2 Å². The van der Waals surface area contributed by atoms with E-state index in [4.69, 9.17) is 5.26 Å². The summed E-state index contributed by atoms with van der Waals surface area (Å²) in [7, 11) is 1.85. The molecule has 5 heteroatoms. The molecule has 1 aromatic carbocycles. The highest BCUT2D eigenvalue weighted by Crippen LogP contribution is 2.19. The smallest absolute Gasteiger partial charge is 0.135 e. The van der Waals surface area contributed by atoms with Crippen molar-refractivity contribution in [3.05, 3.63) is 46.8 Å². The van der Waals surface area contributed by atoms with Gasteiger partial charge in [-0.3, -0.25) is 0 Å². The Morgan fingerprint density at radius 2 is 1.75 bits per heavy atom. The molecule has 0 aliphatic heterocycles. The van der Waals surface area contributed by atoms with Crippen molar-refractivity contribution in [3.8, 4) is 6.07 Å². The Morgan fingerprint density at radius 3 is 2.35 bits per heavy atom. The van der Waals surface area contributed by atoms with Gasteiger partial charge in [-0.15, -0.1) is 0 Å². The van der Waals surface area contributed by atoms with E-state index in [0.29, 0.717) is 12.1 Å². The maximum Gasteiger partial charge on any atom is 0.135 e. The minimum Gasteiger partial charge on any atom is -0.373 e. The van der Waals surface area contributed by atoms with Crippen LogP contribution in [0.25, 0.3) is 0 Å². The molecule has 0 atom stereocenters. The van der Waals surface area contributed by atoms with Crippen molar-refractivity contribution in [2.24, 2.45) is 0 Å². The number of aryl methyl sites for hydroxylation is 1. The minimum absolute atomic E-state index is 0.659. The number of hydrogen-bond acceptors (Lipinski definition) is 5. The summed E-state index contributed by atoms with van der Waals surface area (Å²) in [6.45, 7) is 4.51. The molecule has 0 saturated carbocycles. The van der Waals surface area contributed by atoms with Crippen molar-refractivity contribution in [2.75, 3.05) is 17.7 Å². The van der Waals surface area contributed by atoms with E-state index in [-0.39, 0.29) is 0 Å². The van der Waals surface area contributed by atoms with E-state index in [1.54, 1.807) is 0 Å². The number of nitriles is 1. The fraction of sp³-hybridized carbons (Fsp3) is 0.267. The van der Waals surface area contributed by atoms with Crippen LogP contribution in [-0.2, 0) is 6.54 Å². The fourth-order valence-electron chi connectivity index (χ4n) is 1.93. The first-order chi connectivity index (χ1) is 9.63. The van der Waals surface area contributed by atoms with Gasteiger partial charge in [-0.05, 0) is 31.5 Å². The van der Waals surface area contributed by atoms with Crippen molar-refractivity contribution in [2.45, 2.75) is 20.4 Å². The van der Waals surface area contributed by atoms with Crippen molar-refractivity contribution >= 4 is 11.6 Å². The molecule has 0 aliphatic carbocycles. The molecule has 0 radical (unpaired) electrons. The molecule has 5 nitrogen and oxygen atoms in total. The summed E-state index contributed by atoms with van der Waals surface area (Å²) in [6, 6.07) is 9.61. The first-order valence-electron chi connectivity index (χ1n) is 6.40. The van der Waals surface area contributed by atoms with E-state index in [9.17, 15) is 0 Å². The largest absolute Gasteiger partial charge is 0.373 e. The van der Waals surface area contributed by atoms with E-state index in [0.717, 1.165) is 28.6 Å². The monoisotopic (exact) mass is 267 g/mol. The van der Waals surface area contributed by atoms with E-state index < -0.39 is 0 Å². The molecular formula is C15H17N5. The van der Waals surface area contributed by atoms with Crippen LogP contribution in [0, 0.1) is 25.2 Å². The van der Waals surface area contributed by atoms with Gasteiger partial charge in [0.25, 0.3) is 0 Å². The number of rotatable bonds is 4. The van der Waals surface area contributed by atoms with Crippen molar-refractivity contribution < 1.29 is 0 Å². The average molecular weight is 267 g/mol. The second-order valence-electron chi connectivity index (χ2n) is 4.51. The Labute approximate surface area is 118 Å². The van der Waals surface area contributed by atoms with Crippen molar-refractivity contribution in [1.82, 2.24) is 9.97 Å². The molecule has 1 heterocycles. The van der Waals surface area contributed by atoms with Crippen LogP contribution in [0.4, 0.5) is 11.6 Å². The number of aromatic nitrogens is 2. The molecule has 0 unspecified atom stereocenters. The van der Waals surface area contributed by atoms with Crippen molar-refractivity contribution in [3.63, 3.8) is 0 Å². The molecule has 2 rings (SSSR count). The molecule has 0 bridgehead atoms. The molecule has 20 heavy (non-hydrogen) atoms. The van der Waals surface area contributed by atoms with Crippen molar-refractivity contribution in [1.29, 1.82) is 5.26 Å². The summed E-state index contributed by atoms with van der Waals surface area (Å²) < 4.78 is 0. The Hall–Kier alpha value is -2.61. The molecule has 1 aromatic heterocycles. The van der Waals surface area contributed by atoms with Crippen LogP contribution in [0.5, 0.6) is 0 Å². The van der Waals surface area contributed by atoms with Crippen LogP contribution in [0.15, 0.2) is 24.3 Å². The maximum atomic E-state index is 8.77. The third-order valence-corrected chi connectivity index (χ3v) is 3.04. The predicted octanol–water partition coefficient (Wildman–Crippen LogP) is 2.62. The van der Waals surface area contributed by atoms with Crippen LogP contribution in [0.3, 0.4) is 0 Å². The number of nitrogens with zero attached hydrogens (tertiary/aromatic N) is 3. The zero-order chi connectivity index (χ0) is 14.5. The molecule has 0 amide bonds. The van der Waals surface area contributed by atoms with Crippen LogP contribution < -0.4 is 10.6 Å². The van der Waals surface area contributed by atoms with E-state index in [1.165, 1.54) is 0 Å². The zero-order valence-corrected chi connectivity index (χ0v) is 11.9. The lowest BCUT2D eigenvalue weighted by molar-refractivity contribution is 1.00. The standard InChI is InChI=1S/C15H17N5/c1-10-14(17-3)19-11(2)20-15(10)18-9-13-6-4-12(8-16)5-7-13/h4-7H,9H2,1-3H3,(H2,17,18,19,20). The molecule has 0 saturated heterocycles. The highest BCUT2D eigenvalue weighted by atomic mass is 15.1. The molecule has 0 fully saturated rings. The molecule has 102 valence electrons. The van der Waals surface area contributed by atoms with Gasteiger partial charge in [0.05, 0.1) is 11.6 Å². The summed E-state index contributed by atoms with van der Waals surface area (Å²) >= 11 is 0. The van der Waals surface area contributed by atoms with Crippen LogP contribution >= 0.6 is 0 Å². The number of hydrogen-bond donors (Lipinski definition) is 2. The number of benzene rings is 1. The molecule has 2 aromatic rings. The first kappa shape index (κ1) is 13.8. The summed E-state index contributed by atoms with van der Waals surface area (Å²) in [5.41, 5.74) is 2.76. The van der Waals surface area contributed by atoms with Gasteiger partial charge in [0.1, 0.15) is 17.5 Å². The number of nitrogens with one attached hydrogen (secondary N) is 2. The Balaban J connectivity index is 2.14. The highest BCUT2D eigenvalue weighted by molar-refractivity contribution is 5.57. The lowest BCUT2D eigenvalue weighted by Gasteiger charge is -2.12. The van der Waals surface area contributed by atoms with Crippen LogP contribution in [0.1, 0.15) is 22.5 Å².